The first kappa shape index (κ1) is 7.68. The summed E-state index contributed by atoms with van der Waals surface area (Å²) in [5, 5.41) is 0. The third kappa shape index (κ3) is 0.803. The van der Waals surface area contributed by atoms with Crippen LogP contribution < -0.4 is 0 Å². The number of pyridine rings is 1. The van der Waals surface area contributed by atoms with Crippen LogP contribution in [-0.4, -0.2) is 8.80 Å². The fraction of sp³-hybridized carbons (Fsp3) is 0.167. The molecule has 0 aliphatic rings. The molecule has 0 aliphatic heterocycles. The first-order chi connectivity index (χ1) is 6.77. The van der Waals surface area contributed by atoms with Crippen molar-refractivity contribution in [3.05, 3.63) is 47.9 Å². The lowest BCUT2D eigenvalue weighted by molar-refractivity contribution is 1.17. The molecule has 0 saturated carbocycles. The molecule has 14 heavy (non-hydrogen) atoms. The van der Waals surface area contributed by atoms with E-state index in [4.69, 9.17) is 0 Å². The summed E-state index contributed by atoms with van der Waals surface area (Å²) in [6, 6.07) is 6.26. The molecule has 3 aromatic rings. The molecule has 0 N–H and O–H groups in total. The number of rotatable bonds is 0. The Morgan fingerprint density at radius 1 is 1.07 bits per heavy atom. The van der Waals surface area contributed by atoms with Crippen molar-refractivity contribution in [2.75, 3.05) is 0 Å². The van der Waals surface area contributed by atoms with Gasteiger partial charge < -0.3 is 8.80 Å². The molecular formula is C12H12N2. The molecule has 3 heterocycles. The average molecular weight is 184 g/mol. The van der Waals surface area contributed by atoms with E-state index in [1.807, 2.05) is 0 Å². The average Bonchev–Trinajstić information content (AvgIpc) is 2.65. The maximum atomic E-state index is 2.22. The predicted octanol–water partition coefficient (Wildman–Crippen LogP) is 2.81. The Morgan fingerprint density at radius 2 is 1.93 bits per heavy atom. The van der Waals surface area contributed by atoms with Gasteiger partial charge in [0.25, 0.3) is 0 Å². The summed E-state index contributed by atoms with van der Waals surface area (Å²) in [6.45, 7) is 4.32. The van der Waals surface area contributed by atoms with Crippen molar-refractivity contribution in [2.24, 2.45) is 0 Å². The van der Waals surface area contributed by atoms with Crippen LogP contribution in [0.5, 0.6) is 0 Å². The van der Waals surface area contributed by atoms with Gasteiger partial charge in [-0.3, -0.25) is 0 Å². The van der Waals surface area contributed by atoms with Crippen LogP contribution in [0.25, 0.3) is 11.2 Å². The van der Waals surface area contributed by atoms with Crippen LogP contribution in [0.3, 0.4) is 0 Å². The van der Waals surface area contributed by atoms with E-state index in [0.29, 0.717) is 0 Å². The van der Waals surface area contributed by atoms with Crippen molar-refractivity contribution in [3.63, 3.8) is 0 Å². The van der Waals surface area contributed by atoms with Gasteiger partial charge in [0.2, 0.25) is 0 Å². The van der Waals surface area contributed by atoms with Gasteiger partial charge in [0.15, 0.2) is 0 Å². The van der Waals surface area contributed by atoms with Gasteiger partial charge >= 0.3 is 0 Å². The minimum atomic E-state index is 1.24. The highest BCUT2D eigenvalue weighted by molar-refractivity contribution is 5.63. The highest BCUT2D eigenvalue weighted by atomic mass is 15.1. The van der Waals surface area contributed by atoms with Gasteiger partial charge in [-0.1, -0.05) is 6.07 Å². The molecule has 2 nitrogen and oxygen atoms in total. The fourth-order valence-corrected chi connectivity index (χ4v) is 2.04. The van der Waals surface area contributed by atoms with Gasteiger partial charge in [-0.2, -0.15) is 0 Å². The second kappa shape index (κ2) is 2.41. The standard InChI is InChI=1S/C12H12N2/c1-9-7-13-8-11-5-3-4-6-14(11)12(13)10(9)2/h3-8H,1-2H3. The Balaban J connectivity index is 2.62. The molecule has 0 bridgehead atoms. The number of imidazole rings is 1. The Morgan fingerprint density at radius 3 is 2.79 bits per heavy atom. The van der Waals surface area contributed by atoms with Gasteiger partial charge in [-0.05, 0) is 37.1 Å². The number of fused-ring (bicyclic) bond motifs is 3. The molecule has 0 spiro atoms. The van der Waals surface area contributed by atoms with Gasteiger partial charge in [-0.15, -0.1) is 0 Å². The number of aromatic nitrogens is 2. The summed E-state index contributed by atoms with van der Waals surface area (Å²) in [5.74, 6) is 0. The van der Waals surface area contributed by atoms with Crippen LogP contribution in [0, 0.1) is 13.8 Å². The van der Waals surface area contributed by atoms with E-state index >= 15 is 0 Å². The Labute approximate surface area is 82.4 Å². The quantitative estimate of drug-likeness (QED) is 0.508. The molecule has 3 aromatic heterocycles. The lowest BCUT2D eigenvalue weighted by Gasteiger charge is -1.95. The molecule has 0 aromatic carbocycles. The molecule has 0 fully saturated rings. The molecule has 70 valence electrons. The maximum absolute atomic E-state index is 2.22. The van der Waals surface area contributed by atoms with Crippen LogP contribution >= 0.6 is 0 Å². The molecule has 0 atom stereocenters. The largest absolute Gasteiger partial charge is 0.307 e. The number of nitrogens with zero attached hydrogens (tertiary/aromatic N) is 2. The van der Waals surface area contributed by atoms with Crippen LogP contribution in [0.15, 0.2) is 36.8 Å². The molecule has 0 saturated heterocycles. The Kier molecular flexibility index (Phi) is 1.32. The van der Waals surface area contributed by atoms with E-state index in [-0.39, 0.29) is 0 Å². The third-order valence-electron chi connectivity index (χ3n) is 2.90. The van der Waals surface area contributed by atoms with Crippen LogP contribution in [0.1, 0.15) is 11.1 Å². The molecule has 0 radical (unpaired) electrons. The smallest absolute Gasteiger partial charge is 0.124 e. The predicted molar refractivity (Wildman–Crippen MR) is 57.8 cm³/mol. The lowest BCUT2D eigenvalue weighted by Crippen LogP contribution is -1.84. The second-order valence-corrected chi connectivity index (χ2v) is 3.79. The number of hydrogen-bond acceptors (Lipinski definition) is 0. The topological polar surface area (TPSA) is 8.82 Å². The van der Waals surface area contributed by atoms with E-state index < -0.39 is 0 Å². The van der Waals surface area contributed by atoms with Crippen molar-refractivity contribution >= 4 is 11.2 Å². The second-order valence-electron chi connectivity index (χ2n) is 3.79. The van der Waals surface area contributed by atoms with Crippen molar-refractivity contribution in [3.8, 4) is 0 Å². The zero-order valence-electron chi connectivity index (χ0n) is 8.36. The molecule has 0 unspecified atom stereocenters. The van der Waals surface area contributed by atoms with Gasteiger partial charge in [0.1, 0.15) is 5.65 Å². The van der Waals surface area contributed by atoms with Crippen LogP contribution in [0.2, 0.25) is 0 Å². The van der Waals surface area contributed by atoms with E-state index in [9.17, 15) is 0 Å². The zero-order valence-corrected chi connectivity index (χ0v) is 8.36. The monoisotopic (exact) mass is 184 g/mol. The highest BCUT2D eigenvalue weighted by Gasteiger charge is 2.07. The van der Waals surface area contributed by atoms with Crippen molar-refractivity contribution in [1.29, 1.82) is 0 Å². The third-order valence-corrected chi connectivity index (χ3v) is 2.90. The molecule has 3 rings (SSSR count). The van der Waals surface area contributed by atoms with Crippen LogP contribution in [-0.2, 0) is 0 Å². The van der Waals surface area contributed by atoms with Crippen LogP contribution in [0.4, 0.5) is 0 Å². The summed E-state index contributed by atoms with van der Waals surface area (Å²) in [4.78, 5) is 0. The van der Waals surface area contributed by atoms with Crippen molar-refractivity contribution in [2.45, 2.75) is 13.8 Å². The summed E-state index contributed by atoms with van der Waals surface area (Å²) in [5.41, 5.74) is 5.22. The SMILES string of the molecule is Cc1cn2cc3ccccn3c2c1C. The Hall–Kier alpha value is -1.70. The number of hydrogen-bond donors (Lipinski definition) is 0. The highest BCUT2D eigenvalue weighted by Crippen LogP contribution is 2.20. The maximum Gasteiger partial charge on any atom is 0.124 e. The fourth-order valence-electron chi connectivity index (χ4n) is 2.04. The van der Waals surface area contributed by atoms with E-state index in [2.05, 4.69) is 59.4 Å². The minimum Gasteiger partial charge on any atom is -0.307 e. The van der Waals surface area contributed by atoms with Gasteiger partial charge in [0.05, 0.1) is 5.52 Å². The van der Waals surface area contributed by atoms with Crippen molar-refractivity contribution in [1.82, 2.24) is 8.80 Å². The summed E-state index contributed by atoms with van der Waals surface area (Å²) in [6.07, 6.45) is 6.45. The first-order valence-corrected chi connectivity index (χ1v) is 4.81. The van der Waals surface area contributed by atoms with E-state index in [1.165, 1.54) is 22.3 Å². The summed E-state index contributed by atoms with van der Waals surface area (Å²) in [7, 11) is 0. The van der Waals surface area contributed by atoms with Gasteiger partial charge in [0, 0.05) is 18.6 Å². The lowest BCUT2D eigenvalue weighted by atomic mass is 10.2. The first-order valence-electron chi connectivity index (χ1n) is 4.81. The minimum absolute atomic E-state index is 1.24. The molecule has 2 heteroatoms. The summed E-state index contributed by atoms with van der Waals surface area (Å²) < 4.78 is 4.42. The molecule has 0 amide bonds. The zero-order chi connectivity index (χ0) is 9.71. The summed E-state index contributed by atoms with van der Waals surface area (Å²) >= 11 is 0. The normalized spacial score (nSPS) is 11.6. The van der Waals surface area contributed by atoms with E-state index in [0.717, 1.165) is 0 Å². The Bertz CT molecular complexity index is 614. The molecular weight excluding hydrogens is 172 g/mol. The molecule has 0 aliphatic carbocycles. The van der Waals surface area contributed by atoms with Gasteiger partial charge in [-0.25, -0.2) is 0 Å². The van der Waals surface area contributed by atoms with E-state index in [1.54, 1.807) is 0 Å². The number of aryl methyl sites for hydroxylation is 2. The van der Waals surface area contributed by atoms with Crippen molar-refractivity contribution < 1.29 is 0 Å².